The van der Waals surface area contributed by atoms with Gasteiger partial charge < -0.3 is 0 Å². The Morgan fingerprint density at radius 2 is 0.825 bits per heavy atom. The number of fused-ring (bicyclic) bond motifs is 8. The van der Waals surface area contributed by atoms with E-state index in [1.165, 1.54) is 177 Å². The van der Waals surface area contributed by atoms with Crippen LogP contribution in [-0.4, -0.2) is 0 Å². The van der Waals surface area contributed by atoms with E-state index in [0.717, 1.165) is 0 Å². The van der Waals surface area contributed by atoms with Crippen molar-refractivity contribution in [2.75, 3.05) is 0 Å². The molecule has 0 spiro atoms. The molecule has 0 saturated carbocycles. The van der Waals surface area contributed by atoms with E-state index in [1.807, 2.05) is 0 Å². The molecule has 1 aliphatic rings. The Balaban J connectivity index is 1.27. The zero-order valence-corrected chi connectivity index (χ0v) is 34.9. The molecule has 0 unspecified atom stereocenters. The summed E-state index contributed by atoms with van der Waals surface area (Å²) in [4.78, 5) is 0. The second kappa shape index (κ2) is 16.1. The van der Waals surface area contributed by atoms with Crippen LogP contribution in [0.25, 0.3) is 76.1 Å². The summed E-state index contributed by atoms with van der Waals surface area (Å²) in [5.41, 5.74) is 11.7. The Morgan fingerprint density at radius 1 is 0.386 bits per heavy atom. The molecule has 1 aliphatic carbocycles. The Labute approximate surface area is 341 Å². The lowest BCUT2D eigenvalue weighted by molar-refractivity contribution is 0.398. The van der Waals surface area contributed by atoms with E-state index in [2.05, 4.69) is 149 Å². The highest BCUT2D eigenvalue weighted by molar-refractivity contribution is 6.20. The van der Waals surface area contributed by atoms with Crippen LogP contribution in [0.5, 0.6) is 0 Å². The van der Waals surface area contributed by atoms with E-state index in [9.17, 15) is 0 Å². The van der Waals surface area contributed by atoms with Crippen molar-refractivity contribution in [1.29, 1.82) is 0 Å². The lowest BCUT2D eigenvalue weighted by Crippen LogP contribution is -2.25. The molecule has 0 atom stereocenters. The average molecular weight is 745 g/mol. The van der Waals surface area contributed by atoms with Gasteiger partial charge in [0.1, 0.15) is 0 Å². The van der Waals surface area contributed by atoms with Crippen LogP contribution in [0, 0.1) is 13.8 Å². The van der Waals surface area contributed by atoms with Gasteiger partial charge in [0.05, 0.1) is 0 Å². The minimum atomic E-state index is 0.0385. The highest BCUT2D eigenvalue weighted by atomic mass is 14.5. The molecule has 0 amide bonds. The van der Waals surface area contributed by atoms with Gasteiger partial charge in [-0.2, -0.15) is 0 Å². The minimum absolute atomic E-state index is 0.0385. The Hall–Kier alpha value is -4.94. The number of hydrogen-bond donors (Lipinski definition) is 0. The van der Waals surface area contributed by atoms with E-state index in [0.29, 0.717) is 0 Å². The summed E-state index contributed by atoms with van der Waals surface area (Å²) in [6.07, 6.45) is 18.5. The lowest BCUT2D eigenvalue weighted by atomic mass is 9.70. The SMILES string of the molecule is CCCCCCCCC1(CCCCCCCC)c2cc(C)ccc2-c2ccc(-c3c4cc5ccccc5cc4c(C)c4cc5cc6ccccc6cc5cc34)cc21. The average Bonchev–Trinajstić information content (AvgIpc) is 3.49. The molecule has 0 aliphatic heterocycles. The first kappa shape index (κ1) is 37.6. The van der Waals surface area contributed by atoms with E-state index in [1.54, 1.807) is 11.1 Å². The van der Waals surface area contributed by atoms with Crippen LogP contribution in [0.2, 0.25) is 0 Å². The second-order valence-corrected chi connectivity index (χ2v) is 17.6. The van der Waals surface area contributed by atoms with Crippen molar-refractivity contribution in [3.63, 3.8) is 0 Å². The van der Waals surface area contributed by atoms with Gasteiger partial charge in [0.25, 0.3) is 0 Å². The molecular weight excluding hydrogens is 685 g/mol. The first-order valence-corrected chi connectivity index (χ1v) is 22.5. The molecule has 0 heterocycles. The number of benzene rings is 8. The van der Waals surface area contributed by atoms with Gasteiger partial charge in [-0.15, -0.1) is 0 Å². The van der Waals surface area contributed by atoms with Gasteiger partial charge >= 0.3 is 0 Å². The third-order valence-corrected chi connectivity index (χ3v) is 13.8. The molecule has 0 radical (unpaired) electrons. The predicted molar refractivity (Wildman–Crippen MR) is 251 cm³/mol. The number of rotatable bonds is 15. The molecule has 288 valence electrons. The molecule has 0 aromatic heterocycles. The maximum atomic E-state index is 2.68. The van der Waals surface area contributed by atoms with Crippen molar-refractivity contribution in [2.45, 2.75) is 123 Å². The van der Waals surface area contributed by atoms with Gasteiger partial charge in [0, 0.05) is 5.41 Å². The summed E-state index contributed by atoms with van der Waals surface area (Å²) >= 11 is 0. The molecule has 8 aromatic rings. The molecule has 9 rings (SSSR count). The summed E-state index contributed by atoms with van der Waals surface area (Å²) < 4.78 is 0. The highest BCUT2D eigenvalue weighted by Gasteiger charge is 2.42. The standard InChI is InChI=1S/C57H60/c1-5-7-9-11-13-19-29-57(30-20-14-12-10-8-6-2)54-31-39(3)25-27-48(54)49-28-26-45(38-55(49)57)56-52-35-44-24-18-17-23-43(44)34-50(52)40(4)51-36-46-32-41-21-15-16-22-42(41)33-47(46)37-53(51)56/h15-18,21-28,31-38H,5-14,19-20,29-30H2,1-4H3. The van der Waals surface area contributed by atoms with E-state index in [4.69, 9.17) is 0 Å². The quantitative estimate of drug-likeness (QED) is 0.0724. The fraction of sp³-hybridized carbons (Fsp3) is 0.333. The van der Waals surface area contributed by atoms with Crippen LogP contribution >= 0.6 is 0 Å². The summed E-state index contributed by atoms with van der Waals surface area (Å²) in [6.45, 7) is 9.31. The monoisotopic (exact) mass is 744 g/mol. The number of aryl methyl sites for hydroxylation is 2. The summed E-state index contributed by atoms with van der Waals surface area (Å²) in [5.74, 6) is 0. The van der Waals surface area contributed by atoms with Gasteiger partial charge in [-0.1, -0.05) is 175 Å². The number of unbranched alkanes of at least 4 members (excludes halogenated alkanes) is 10. The Bertz CT molecular complexity index is 2730. The van der Waals surface area contributed by atoms with Gasteiger partial charge in [-0.05, 0) is 162 Å². The lowest BCUT2D eigenvalue weighted by Gasteiger charge is -2.33. The van der Waals surface area contributed by atoms with Gasteiger partial charge in [0.2, 0.25) is 0 Å². The summed E-state index contributed by atoms with van der Waals surface area (Å²) in [6, 6.07) is 47.5. The van der Waals surface area contributed by atoms with E-state index in [-0.39, 0.29) is 5.41 Å². The molecule has 0 nitrogen and oxygen atoms in total. The van der Waals surface area contributed by atoms with E-state index < -0.39 is 0 Å². The Kier molecular flexibility index (Phi) is 10.6. The van der Waals surface area contributed by atoms with Crippen LogP contribution in [-0.2, 0) is 5.41 Å². The van der Waals surface area contributed by atoms with Crippen molar-refractivity contribution in [3.8, 4) is 22.3 Å². The number of hydrogen-bond acceptors (Lipinski definition) is 0. The zero-order chi connectivity index (χ0) is 38.9. The maximum Gasteiger partial charge on any atom is 0.0215 e. The maximum absolute atomic E-state index is 2.68. The molecule has 8 aromatic carbocycles. The van der Waals surface area contributed by atoms with Gasteiger partial charge in [-0.25, -0.2) is 0 Å². The molecule has 0 bridgehead atoms. The zero-order valence-electron chi connectivity index (χ0n) is 34.9. The van der Waals surface area contributed by atoms with Gasteiger partial charge in [-0.3, -0.25) is 0 Å². The van der Waals surface area contributed by atoms with Crippen molar-refractivity contribution >= 4 is 53.9 Å². The summed E-state index contributed by atoms with van der Waals surface area (Å²) in [7, 11) is 0. The fourth-order valence-corrected chi connectivity index (χ4v) is 10.7. The van der Waals surface area contributed by atoms with Crippen LogP contribution in [0.4, 0.5) is 0 Å². The smallest absolute Gasteiger partial charge is 0.0215 e. The predicted octanol–water partition coefficient (Wildman–Crippen LogP) is 17.5. The minimum Gasteiger partial charge on any atom is -0.0654 e. The van der Waals surface area contributed by atoms with Gasteiger partial charge in [0.15, 0.2) is 0 Å². The van der Waals surface area contributed by atoms with Crippen LogP contribution in [0.15, 0.2) is 121 Å². The first-order chi connectivity index (χ1) is 28.0. The van der Waals surface area contributed by atoms with Crippen LogP contribution in [0.3, 0.4) is 0 Å². The Morgan fingerprint density at radius 3 is 1.39 bits per heavy atom. The van der Waals surface area contributed by atoms with E-state index >= 15 is 0 Å². The molecule has 0 fully saturated rings. The largest absolute Gasteiger partial charge is 0.0654 e. The molecule has 0 N–H and O–H groups in total. The normalized spacial score (nSPS) is 13.3. The van der Waals surface area contributed by atoms with Crippen molar-refractivity contribution in [2.24, 2.45) is 0 Å². The summed E-state index contributed by atoms with van der Waals surface area (Å²) in [5, 5.41) is 13.3. The molecular formula is C57H60. The molecule has 57 heavy (non-hydrogen) atoms. The molecule has 0 saturated heterocycles. The van der Waals surface area contributed by atoms with Crippen LogP contribution in [0.1, 0.15) is 126 Å². The third kappa shape index (κ3) is 6.94. The van der Waals surface area contributed by atoms with Crippen molar-refractivity contribution in [3.05, 3.63) is 144 Å². The topological polar surface area (TPSA) is 0 Å². The van der Waals surface area contributed by atoms with Crippen molar-refractivity contribution < 1.29 is 0 Å². The second-order valence-electron chi connectivity index (χ2n) is 17.6. The fourth-order valence-electron chi connectivity index (χ4n) is 10.7. The van der Waals surface area contributed by atoms with Crippen LogP contribution < -0.4 is 0 Å². The highest BCUT2D eigenvalue weighted by Crippen LogP contribution is 2.56. The van der Waals surface area contributed by atoms with Crippen molar-refractivity contribution in [1.82, 2.24) is 0 Å². The first-order valence-electron chi connectivity index (χ1n) is 22.5. The third-order valence-electron chi connectivity index (χ3n) is 13.8. The molecule has 0 heteroatoms.